The maximum absolute atomic E-state index is 4.53. The molecule has 0 aromatic carbocycles. The van der Waals surface area contributed by atoms with Crippen LogP contribution in [0, 0.1) is 0 Å². The quantitative estimate of drug-likeness (QED) is 0.742. The molecule has 0 saturated heterocycles. The molecule has 1 atom stereocenters. The van der Waals surface area contributed by atoms with Gasteiger partial charge in [-0.2, -0.15) is 0 Å². The van der Waals surface area contributed by atoms with Crippen LogP contribution in [0.25, 0.3) is 0 Å². The van der Waals surface area contributed by atoms with Crippen molar-refractivity contribution in [3.8, 4) is 0 Å². The lowest BCUT2D eigenvalue weighted by molar-refractivity contribution is 0.430. The predicted molar refractivity (Wildman–Crippen MR) is 68.6 cm³/mol. The molecular weight excluding hydrogens is 204 g/mol. The lowest BCUT2D eigenvalue weighted by Gasteiger charge is -2.21. The highest BCUT2D eigenvalue weighted by molar-refractivity contribution is 8.14. The fourth-order valence-electron chi connectivity index (χ4n) is 2.33. The first kappa shape index (κ1) is 11.3. The van der Waals surface area contributed by atoms with Crippen LogP contribution in [0.1, 0.15) is 51.9 Å². The average molecular weight is 226 g/mol. The number of nitrogens with zero attached hydrogens (tertiary/aromatic N) is 1. The lowest BCUT2D eigenvalue weighted by atomic mass is 9.97. The Hall–Kier alpha value is -0.180. The van der Waals surface area contributed by atoms with E-state index in [0.717, 1.165) is 6.54 Å². The van der Waals surface area contributed by atoms with Gasteiger partial charge in [0, 0.05) is 11.3 Å². The fraction of sp³-hybridized carbons (Fsp3) is 0.917. The minimum atomic E-state index is 0.682. The van der Waals surface area contributed by atoms with E-state index < -0.39 is 0 Å². The van der Waals surface area contributed by atoms with Crippen molar-refractivity contribution < 1.29 is 0 Å². The van der Waals surface area contributed by atoms with Crippen molar-refractivity contribution in [3.05, 3.63) is 0 Å². The Labute approximate surface area is 97.3 Å². The van der Waals surface area contributed by atoms with Gasteiger partial charge in [-0.3, -0.25) is 4.99 Å². The summed E-state index contributed by atoms with van der Waals surface area (Å²) < 4.78 is 0. The van der Waals surface area contributed by atoms with Crippen molar-refractivity contribution in [2.75, 3.05) is 6.54 Å². The number of rotatable bonds is 1. The smallest absolute Gasteiger partial charge is 0.157 e. The van der Waals surface area contributed by atoms with Crippen molar-refractivity contribution in [1.82, 2.24) is 5.32 Å². The third-order valence-corrected chi connectivity index (χ3v) is 4.26. The van der Waals surface area contributed by atoms with E-state index in [-0.39, 0.29) is 0 Å². The molecule has 3 heteroatoms. The number of amidine groups is 1. The Morgan fingerprint density at radius 3 is 2.40 bits per heavy atom. The number of hydrogen-bond donors (Lipinski definition) is 1. The molecule has 0 spiro atoms. The van der Waals surface area contributed by atoms with Gasteiger partial charge in [-0.15, -0.1) is 0 Å². The lowest BCUT2D eigenvalue weighted by Crippen LogP contribution is -2.33. The third kappa shape index (κ3) is 3.71. The highest BCUT2D eigenvalue weighted by atomic mass is 32.2. The summed E-state index contributed by atoms with van der Waals surface area (Å²) in [5, 5.41) is 5.51. The normalized spacial score (nSPS) is 29.4. The zero-order valence-corrected chi connectivity index (χ0v) is 10.5. The van der Waals surface area contributed by atoms with Crippen LogP contribution < -0.4 is 5.32 Å². The number of nitrogens with one attached hydrogen (secondary N) is 1. The first-order chi connectivity index (χ1) is 7.34. The zero-order chi connectivity index (χ0) is 10.5. The molecule has 1 saturated carbocycles. The molecule has 0 aromatic heterocycles. The van der Waals surface area contributed by atoms with E-state index in [4.69, 9.17) is 0 Å². The van der Waals surface area contributed by atoms with Gasteiger partial charge in [-0.05, 0) is 12.8 Å². The van der Waals surface area contributed by atoms with Gasteiger partial charge in [-0.1, -0.05) is 50.8 Å². The summed E-state index contributed by atoms with van der Waals surface area (Å²) >= 11 is 1.91. The van der Waals surface area contributed by atoms with Crippen LogP contribution in [-0.2, 0) is 0 Å². The maximum atomic E-state index is 4.53. The van der Waals surface area contributed by atoms with E-state index in [0.29, 0.717) is 11.3 Å². The molecule has 15 heavy (non-hydrogen) atoms. The van der Waals surface area contributed by atoms with Crippen molar-refractivity contribution in [1.29, 1.82) is 0 Å². The second-order valence-corrected chi connectivity index (χ2v) is 6.19. The summed E-state index contributed by atoms with van der Waals surface area (Å²) in [4.78, 5) is 4.53. The first-order valence-electron chi connectivity index (χ1n) is 6.32. The monoisotopic (exact) mass is 226 g/mol. The van der Waals surface area contributed by atoms with Crippen molar-refractivity contribution in [3.63, 3.8) is 0 Å². The zero-order valence-electron chi connectivity index (χ0n) is 9.67. The molecule has 0 radical (unpaired) electrons. The van der Waals surface area contributed by atoms with Crippen molar-refractivity contribution in [2.45, 2.75) is 63.2 Å². The second kappa shape index (κ2) is 5.78. The van der Waals surface area contributed by atoms with E-state index in [1.165, 1.54) is 50.1 Å². The molecule has 0 amide bonds. The van der Waals surface area contributed by atoms with E-state index in [1.54, 1.807) is 0 Å². The minimum Gasteiger partial charge on any atom is -0.362 e. The van der Waals surface area contributed by atoms with Gasteiger partial charge in [0.15, 0.2) is 5.17 Å². The number of aliphatic imine (C=N–C) groups is 1. The van der Waals surface area contributed by atoms with Gasteiger partial charge in [0.05, 0.1) is 6.54 Å². The first-order valence-corrected chi connectivity index (χ1v) is 7.20. The molecule has 1 aliphatic heterocycles. The van der Waals surface area contributed by atoms with Gasteiger partial charge in [-0.25, -0.2) is 0 Å². The minimum absolute atomic E-state index is 0.682. The number of hydrogen-bond acceptors (Lipinski definition) is 3. The highest BCUT2D eigenvalue weighted by Crippen LogP contribution is 2.22. The van der Waals surface area contributed by atoms with Gasteiger partial charge < -0.3 is 5.32 Å². The van der Waals surface area contributed by atoms with Crippen LogP contribution in [0.3, 0.4) is 0 Å². The average Bonchev–Trinajstić information content (AvgIpc) is 2.56. The van der Waals surface area contributed by atoms with E-state index >= 15 is 0 Å². The topological polar surface area (TPSA) is 24.4 Å². The second-order valence-electron chi connectivity index (χ2n) is 4.76. The van der Waals surface area contributed by atoms with E-state index in [1.807, 2.05) is 11.8 Å². The Bertz CT molecular complexity index is 220. The highest BCUT2D eigenvalue weighted by Gasteiger charge is 2.18. The summed E-state index contributed by atoms with van der Waals surface area (Å²) in [5.74, 6) is 0. The Morgan fingerprint density at radius 1 is 1.13 bits per heavy atom. The van der Waals surface area contributed by atoms with Crippen molar-refractivity contribution >= 4 is 16.9 Å². The predicted octanol–water partition coefficient (Wildman–Crippen LogP) is 3.18. The maximum Gasteiger partial charge on any atom is 0.157 e. The van der Waals surface area contributed by atoms with Crippen molar-refractivity contribution in [2.24, 2.45) is 4.99 Å². The van der Waals surface area contributed by atoms with E-state index in [2.05, 4.69) is 17.2 Å². The number of thioether (sulfide) groups is 1. The standard InChI is InChI=1S/C12H22N2S/c1-10-9-13-12(15-10)14-11-7-5-3-2-4-6-8-11/h10-11H,2-9H2,1H3,(H,13,14). The van der Waals surface area contributed by atoms with E-state index in [9.17, 15) is 0 Å². The molecule has 86 valence electrons. The summed E-state index contributed by atoms with van der Waals surface area (Å²) in [6.07, 6.45) is 9.76. The van der Waals surface area contributed by atoms with Gasteiger partial charge in [0.25, 0.3) is 0 Å². The third-order valence-electron chi connectivity index (χ3n) is 3.24. The summed E-state index contributed by atoms with van der Waals surface area (Å²) in [6.45, 7) is 3.25. The fourth-order valence-corrected chi connectivity index (χ4v) is 3.25. The molecule has 0 bridgehead atoms. The molecule has 1 N–H and O–H groups in total. The summed E-state index contributed by atoms with van der Waals surface area (Å²) in [7, 11) is 0. The Kier molecular flexibility index (Phi) is 4.36. The summed E-state index contributed by atoms with van der Waals surface area (Å²) in [5.41, 5.74) is 0. The molecule has 0 aromatic rings. The molecule has 2 nitrogen and oxygen atoms in total. The molecule has 2 aliphatic rings. The van der Waals surface area contributed by atoms with Gasteiger partial charge in [0.2, 0.25) is 0 Å². The Morgan fingerprint density at radius 2 is 1.80 bits per heavy atom. The molecule has 1 fully saturated rings. The SMILES string of the molecule is CC1CN=C(NC2CCCCCCC2)S1. The van der Waals surface area contributed by atoms with Gasteiger partial charge in [0.1, 0.15) is 0 Å². The largest absolute Gasteiger partial charge is 0.362 e. The van der Waals surface area contributed by atoms with Crippen LogP contribution in [0.15, 0.2) is 4.99 Å². The summed E-state index contributed by atoms with van der Waals surface area (Å²) in [6, 6.07) is 0.696. The molecule has 1 unspecified atom stereocenters. The molecule has 1 heterocycles. The van der Waals surface area contributed by atoms with Crippen LogP contribution in [0.2, 0.25) is 0 Å². The van der Waals surface area contributed by atoms with Crippen LogP contribution in [0.4, 0.5) is 0 Å². The molecule has 2 rings (SSSR count). The Balaban J connectivity index is 1.76. The molecule has 1 aliphatic carbocycles. The van der Waals surface area contributed by atoms with Gasteiger partial charge >= 0.3 is 0 Å². The molecular formula is C12H22N2S. The van der Waals surface area contributed by atoms with Crippen LogP contribution in [-0.4, -0.2) is 23.0 Å². The van der Waals surface area contributed by atoms with Crippen LogP contribution >= 0.6 is 11.8 Å². The van der Waals surface area contributed by atoms with Crippen LogP contribution in [0.5, 0.6) is 0 Å².